The molecule has 19 heavy (non-hydrogen) atoms. The van der Waals surface area contributed by atoms with Crippen molar-refractivity contribution in [1.82, 2.24) is 5.32 Å². The number of nitrogens with one attached hydrogen (secondary N) is 1. The molecule has 2 atom stereocenters. The maximum atomic E-state index is 5.88. The predicted molar refractivity (Wildman–Crippen MR) is 79.5 cm³/mol. The Morgan fingerprint density at radius 1 is 1.16 bits per heavy atom. The minimum Gasteiger partial charge on any atom is -0.376 e. The van der Waals surface area contributed by atoms with Crippen LogP contribution in [0.2, 0.25) is 0 Å². The largest absolute Gasteiger partial charge is 0.376 e. The summed E-state index contributed by atoms with van der Waals surface area (Å²) in [5.41, 5.74) is 2.69. The second kappa shape index (κ2) is 5.32. The van der Waals surface area contributed by atoms with Gasteiger partial charge in [0.25, 0.3) is 0 Å². The number of hydrogen-bond donors (Lipinski definition) is 1. The van der Waals surface area contributed by atoms with E-state index in [-0.39, 0.29) is 6.04 Å². The number of aryl methyl sites for hydroxylation is 1. The van der Waals surface area contributed by atoms with Gasteiger partial charge in [-0.05, 0) is 48.7 Å². The van der Waals surface area contributed by atoms with Gasteiger partial charge in [-0.25, -0.2) is 0 Å². The van der Waals surface area contributed by atoms with E-state index in [0.29, 0.717) is 6.10 Å². The second-order valence-electron chi connectivity index (χ2n) is 5.34. The first kappa shape index (κ1) is 12.6. The molecule has 0 saturated carbocycles. The SMILES string of the molecule is CNC(c1ccc(C)c2ccccc12)C1CCCO1. The molecule has 2 aromatic carbocycles. The first-order valence-electron chi connectivity index (χ1n) is 7.08. The first-order valence-corrected chi connectivity index (χ1v) is 7.08. The van der Waals surface area contributed by atoms with Gasteiger partial charge in [0.2, 0.25) is 0 Å². The van der Waals surface area contributed by atoms with E-state index in [1.54, 1.807) is 0 Å². The van der Waals surface area contributed by atoms with Crippen LogP contribution in [0.3, 0.4) is 0 Å². The van der Waals surface area contributed by atoms with Crippen molar-refractivity contribution >= 4 is 10.8 Å². The van der Waals surface area contributed by atoms with Crippen molar-refractivity contribution in [1.29, 1.82) is 0 Å². The summed E-state index contributed by atoms with van der Waals surface area (Å²) in [6, 6.07) is 13.4. The van der Waals surface area contributed by atoms with Crippen LogP contribution in [-0.2, 0) is 4.74 Å². The lowest BCUT2D eigenvalue weighted by atomic mass is 9.92. The Balaban J connectivity index is 2.10. The van der Waals surface area contributed by atoms with Crippen LogP contribution < -0.4 is 5.32 Å². The molecule has 100 valence electrons. The summed E-state index contributed by atoms with van der Waals surface area (Å²) in [6.45, 7) is 3.07. The van der Waals surface area contributed by atoms with Crippen LogP contribution in [0.1, 0.15) is 30.0 Å². The molecular weight excluding hydrogens is 234 g/mol. The van der Waals surface area contributed by atoms with Crippen molar-refractivity contribution in [3.05, 3.63) is 47.5 Å². The molecule has 1 aliphatic rings. The van der Waals surface area contributed by atoms with Crippen molar-refractivity contribution in [3.63, 3.8) is 0 Å². The van der Waals surface area contributed by atoms with Crippen LogP contribution in [0.15, 0.2) is 36.4 Å². The number of fused-ring (bicyclic) bond motifs is 1. The molecule has 0 radical (unpaired) electrons. The number of likely N-dealkylation sites (N-methyl/N-ethyl adjacent to an activating group) is 1. The zero-order valence-corrected chi connectivity index (χ0v) is 11.6. The summed E-state index contributed by atoms with van der Waals surface area (Å²) in [5.74, 6) is 0. The predicted octanol–water partition coefficient (Wildman–Crippen LogP) is 3.59. The van der Waals surface area contributed by atoms with E-state index in [2.05, 4.69) is 48.6 Å². The van der Waals surface area contributed by atoms with Crippen molar-refractivity contribution in [3.8, 4) is 0 Å². The van der Waals surface area contributed by atoms with E-state index in [9.17, 15) is 0 Å². The average Bonchev–Trinajstić information content (AvgIpc) is 2.96. The van der Waals surface area contributed by atoms with E-state index in [0.717, 1.165) is 13.0 Å². The van der Waals surface area contributed by atoms with Gasteiger partial charge in [0.1, 0.15) is 0 Å². The standard InChI is InChI=1S/C17H21NO/c1-12-9-10-15(14-7-4-3-6-13(12)14)17(18-2)16-8-5-11-19-16/h3-4,6-7,9-10,16-18H,5,8,11H2,1-2H3. The smallest absolute Gasteiger partial charge is 0.0770 e. The van der Waals surface area contributed by atoms with E-state index in [4.69, 9.17) is 4.74 Å². The third kappa shape index (κ3) is 2.26. The van der Waals surface area contributed by atoms with Gasteiger partial charge < -0.3 is 10.1 Å². The molecule has 0 aliphatic carbocycles. The molecule has 0 spiro atoms. The summed E-state index contributed by atoms with van der Waals surface area (Å²) in [4.78, 5) is 0. The molecule has 2 unspecified atom stereocenters. The first-order chi connectivity index (χ1) is 9.31. The fourth-order valence-electron chi connectivity index (χ4n) is 3.15. The molecule has 1 N–H and O–H groups in total. The van der Waals surface area contributed by atoms with Crippen LogP contribution in [0, 0.1) is 6.92 Å². The highest BCUT2D eigenvalue weighted by Crippen LogP contribution is 2.32. The Hall–Kier alpha value is -1.38. The fourth-order valence-corrected chi connectivity index (χ4v) is 3.15. The molecule has 0 bridgehead atoms. The lowest BCUT2D eigenvalue weighted by Crippen LogP contribution is -2.29. The van der Waals surface area contributed by atoms with Crippen molar-refractivity contribution in [2.75, 3.05) is 13.7 Å². The van der Waals surface area contributed by atoms with Crippen LogP contribution in [0.5, 0.6) is 0 Å². The monoisotopic (exact) mass is 255 g/mol. The molecule has 1 saturated heterocycles. The molecule has 1 aliphatic heterocycles. The van der Waals surface area contributed by atoms with Gasteiger partial charge in [0, 0.05) is 6.61 Å². The van der Waals surface area contributed by atoms with Crippen molar-refractivity contribution in [2.24, 2.45) is 0 Å². The number of hydrogen-bond acceptors (Lipinski definition) is 2. The summed E-state index contributed by atoms with van der Waals surface area (Å²) < 4.78 is 5.88. The Kier molecular flexibility index (Phi) is 3.54. The fraction of sp³-hybridized carbons (Fsp3) is 0.412. The van der Waals surface area contributed by atoms with Crippen molar-refractivity contribution in [2.45, 2.75) is 31.9 Å². The van der Waals surface area contributed by atoms with Crippen LogP contribution in [0.25, 0.3) is 10.8 Å². The third-order valence-corrected chi connectivity index (χ3v) is 4.16. The van der Waals surface area contributed by atoms with Crippen LogP contribution in [0.4, 0.5) is 0 Å². The molecule has 2 heteroatoms. The second-order valence-corrected chi connectivity index (χ2v) is 5.34. The molecule has 2 aromatic rings. The zero-order chi connectivity index (χ0) is 13.2. The molecule has 2 nitrogen and oxygen atoms in total. The molecule has 0 aromatic heterocycles. The summed E-state index contributed by atoms with van der Waals surface area (Å²) in [7, 11) is 2.03. The van der Waals surface area contributed by atoms with Gasteiger partial charge in [-0.2, -0.15) is 0 Å². The molecule has 3 rings (SSSR count). The Morgan fingerprint density at radius 3 is 2.63 bits per heavy atom. The topological polar surface area (TPSA) is 21.3 Å². The van der Waals surface area contributed by atoms with Crippen LogP contribution in [-0.4, -0.2) is 19.8 Å². The minimum absolute atomic E-state index is 0.285. The maximum Gasteiger partial charge on any atom is 0.0770 e. The Labute approximate surface area is 114 Å². The summed E-state index contributed by atoms with van der Waals surface area (Å²) >= 11 is 0. The highest BCUT2D eigenvalue weighted by atomic mass is 16.5. The highest BCUT2D eigenvalue weighted by Gasteiger charge is 2.27. The van der Waals surface area contributed by atoms with Crippen LogP contribution >= 0.6 is 0 Å². The molecule has 1 fully saturated rings. The van der Waals surface area contributed by atoms with Gasteiger partial charge in [-0.1, -0.05) is 36.4 Å². The Morgan fingerprint density at radius 2 is 1.95 bits per heavy atom. The number of ether oxygens (including phenoxy) is 1. The number of rotatable bonds is 3. The maximum absolute atomic E-state index is 5.88. The average molecular weight is 255 g/mol. The van der Waals surface area contributed by atoms with E-state index in [1.807, 2.05) is 7.05 Å². The summed E-state index contributed by atoms with van der Waals surface area (Å²) in [5, 5.41) is 6.14. The molecule has 1 heterocycles. The molecule has 0 amide bonds. The van der Waals surface area contributed by atoms with Gasteiger partial charge >= 0.3 is 0 Å². The van der Waals surface area contributed by atoms with Gasteiger partial charge in [0.05, 0.1) is 12.1 Å². The lowest BCUT2D eigenvalue weighted by Gasteiger charge is -2.24. The van der Waals surface area contributed by atoms with E-state index >= 15 is 0 Å². The van der Waals surface area contributed by atoms with Gasteiger partial charge in [-0.3, -0.25) is 0 Å². The molecular formula is C17H21NO. The summed E-state index contributed by atoms with van der Waals surface area (Å²) in [6.07, 6.45) is 2.62. The highest BCUT2D eigenvalue weighted by molar-refractivity contribution is 5.89. The third-order valence-electron chi connectivity index (χ3n) is 4.16. The van der Waals surface area contributed by atoms with Gasteiger partial charge in [-0.15, -0.1) is 0 Å². The van der Waals surface area contributed by atoms with E-state index in [1.165, 1.54) is 28.3 Å². The quantitative estimate of drug-likeness (QED) is 0.905. The van der Waals surface area contributed by atoms with Crippen molar-refractivity contribution < 1.29 is 4.74 Å². The van der Waals surface area contributed by atoms with E-state index < -0.39 is 0 Å². The van der Waals surface area contributed by atoms with Gasteiger partial charge in [0.15, 0.2) is 0 Å². The minimum atomic E-state index is 0.285. The lowest BCUT2D eigenvalue weighted by molar-refractivity contribution is 0.0812. The normalized spacial score (nSPS) is 20.8. The zero-order valence-electron chi connectivity index (χ0n) is 11.6. The number of benzene rings is 2. The Bertz CT molecular complexity index is 572.